The van der Waals surface area contributed by atoms with Gasteiger partial charge in [0.1, 0.15) is 36.7 Å². The molecule has 0 bridgehead atoms. The number of carbonyl (C=O) groups is 3. The quantitative estimate of drug-likeness (QED) is 0.284. The highest BCUT2D eigenvalue weighted by Crippen LogP contribution is 2.26. The summed E-state index contributed by atoms with van der Waals surface area (Å²) in [6.07, 6.45) is -4.17. The van der Waals surface area contributed by atoms with Crippen molar-refractivity contribution in [1.29, 1.82) is 0 Å². The molecule has 0 radical (unpaired) electrons. The molecule has 1 aliphatic rings. The highest BCUT2D eigenvalue weighted by molar-refractivity contribution is 6.30. The molecule has 0 aromatic heterocycles. The van der Waals surface area contributed by atoms with Crippen molar-refractivity contribution in [2.75, 3.05) is 33.5 Å². The summed E-state index contributed by atoms with van der Waals surface area (Å²) < 4.78 is 32.4. The second kappa shape index (κ2) is 15.0. The molecular weight excluding hydrogens is 498 g/mol. The van der Waals surface area contributed by atoms with E-state index in [2.05, 4.69) is 5.32 Å². The van der Waals surface area contributed by atoms with E-state index >= 15 is 0 Å². The Morgan fingerprint density at radius 2 is 1.89 bits per heavy atom. The lowest BCUT2D eigenvalue weighted by Crippen LogP contribution is -2.66. The Balaban J connectivity index is 2.04. The number of carbonyl (C=O) groups excluding carboxylic acids is 3. The first-order valence-electron chi connectivity index (χ1n) is 11.5. The minimum absolute atomic E-state index is 0.0892. The minimum atomic E-state index is -1.30. The second-order valence-electron chi connectivity index (χ2n) is 8.23. The molecule has 1 aliphatic heterocycles. The van der Waals surface area contributed by atoms with E-state index in [9.17, 15) is 19.5 Å². The van der Waals surface area contributed by atoms with Gasteiger partial charge in [-0.15, -0.1) is 0 Å². The number of ether oxygens (including phenoxy) is 6. The molecule has 1 aromatic carbocycles. The van der Waals surface area contributed by atoms with Gasteiger partial charge in [-0.2, -0.15) is 0 Å². The molecule has 5 atom stereocenters. The zero-order valence-corrected chi connectivity index (χ0v) is 21.6. The van der Waals surface area contributed by atoms with Crippen molar-refractivity contribution in [2.45, 2.75) is 64.3 Å². The van der Waals surface area contributed by atoms with E-state index in [0.29, 0.717) is 17.2 Å². The lowest BCUT2D eigenvalue weighted by Gasteiger charge is -2.43. The van der Waals surface area contributed by atoms with Gasteiger partial charge in [0.25, 0.3) is 0 Å². The van der Waals surface area contributed by atoms with Gasteiger partial charge in [-0.25, -0.2) is 0 Å². The number of nitrogens with one attached hydrogen (secondary N) is 1. The number of hydrogen-bond donors (Lipinski definition) is 2. The molecule has 202 valence electrons. The summed E-state index contributed by atoms with van der Waals surface area (Å²) in [6.45, 7) is 4.57. The maximum atomic E-state index is 12.7. The molecule has 12 heteroatoms. The Kier molecular flexibility index (Phi) is 12.4. The summed E-state index contributed by atoms with van der Waals surface area (Å²) in [4.78, 5) is 35.7. The van der Waals surface area contributed by atoms with Crippen LogP contribution in [0.15, 0.2) is 18.2 Å². The highest BCUT2D eigenvalue weighted by atomic mass is 35.5. The number of methoxy groups -OCH3 is 1. The predicted octanol–water partition coefficient (Wildman–Crippen LogP) is 1.54. The molecule has 11 nitrogen and oxygen atoms in total. The Hall–Kier alpha value is -2.44. The van der Waals surface area contributed by atoms with E-state index in [1.165, 1.54) is 21.0 Å². The highest BCUT2D eigenvalue weighted by Gasteiger charge is 2.48. The van der Waals surface area contributed by atoms with Crippen LogP contribution >= 0.6 is 11.6 Å². The molecule has 1 amide bonds. The molecule has 36 heavy (non-hydrogen) atoms. The fraction of sp³-hybridized carbons (Fsp3) is 0.625. The lowest BCUT2D eigenvalue weighted by molar-refractivity contribution is -0.271. The number of amides is 1. The van der Waals surface area contributed by atoms with Gasteiger partial charge < -0.3 is 38.8 Å². The molecule has 2 N–H and O–H groups in total. The summed E-state index contributed by atoms with van der Waals surface area (Å²) in [5.74, 6) is -0.950. The predicted molar refractivity (Wildman–Crippen MR) is 128 cm³/mol. The van der Waals surface area contributed by atoms with Crippen LogP contribution in [-0.2, 0) is 38.1 Å². The minimum Gasteiger partial charge on any atom is -0.493 e. The first kappa shape index (κ1) is 29.8. The van der Waals surface area contributed by atoms with Gasteiger partial charge in [-0.1, -0.05) is 11.6 Å². The van der Waals surface area contributed by atoms with Crippen LogP contribution in [0.25, 0.3) is 0 Å². The van der Waals surface area contributed by atoms with Gasteiger partial charge in [0, 0.05) is 32.4 Å². The zero-order valence-electron chi connectivity index (χ0n) is 20.9. The average Bonchev–Trinajstić information content (AvgIpc) is 2.80. The van der Waals surface area contributed by atoms with Crippen molar-refractivity contribution < 1.29 is 47.9 Å². The van der Waals surface area contributed by atoms with Crippen molar-refractivity contribution in [2.24, 2.45) is 0 Å². The average molecular weight is 532 g/mol. The van der Waals surface area contributed by atoms with Crippen molar-refractivity contribution in [3.8, 4) is 5.75 Å². The van der Waals surface area contributed by atoms with Crippen LogP contribution in [0.5, 0.6) is 5.75 Å². The molecule has 0 spiro atoms. The molecule has 2 rings (SSSR count). The van der Waals surface area contributed by atoms with E-state index in [-0.39, 0.29) is 38.8 Å². The van der Waals surface area contributed by atoms with Gasteiger partial charge in [-0.3, -0.25) is 14.4 Å². The third kappa shape index (κ3) is 9.55. The summed E-state index contributed by atoms with van der Waals surface area (Å²) in [5, 5.41) is 14.2. The lowest BCUT2D eigenvalue weighted by atomic mass is 9.96. The Bertz CT molecular complexity index is 882. The van der Waals surface area contributed by atoms with E-state index < -0.39 is 42.6 Å². The van der Waals surface area contributed by atoms with E-state index in [0.717, 1.165) is 5.56 Å². The number of aliphatic hydroxyl groups is 1. The molecular formula is C24H34ClNO10. The molecule has 1 saturated heterocycles. The summed E-state index contributed by atoms with van der Waals surface area (Å²) in [5.41, 5.74) is 0.879. The van der Waals surface area contributed by atoms with Crippen molar-refractivity contribution >= 4 is 29.4 Å². The fourth-order valence-electron chi connectivity index (χ4n) is 3.59. The van der Waals surface area contributed by atoms with Crippen LogP contribution in [0.3, 0.4) is 0 Å². The number of aliphatic hydroxyl groups excluding tert-OH is 1. The van der Waals surface area contributed by atoms with Gasteiger partial charge in [-0.05, 0) is 37.1 Å². The molecule has 0 aliphatic carbocycles. The van der Waals surface area contributed by atoms with E-state index in [1.807, 2.05) is 6.92 Å². The van der Waals surface area contributed by atoms with Crippen LogP contribution in [0.2, 0.25) is 5.02 Å². The third-order valence-electron chi connectivity index (χ3n) is 5.27. The van der Waals surface area contributed by atoms with Crippen LogP contribution in [-0.4, -0.2) is 87.1 Å². The maximum Gasteiger partial charge on any atom is 0.305 e. The maximum absolute atomic E-state index is 12.7. The van der Waals surface area contributed by atoms with Gasteiger partial charge in [0.05, 0.1) is 19.8 Å². The molecule has 0 saturated carbocycles. The number of halogens is 1. The number of rotatable bonds is 13. The van der Waals surface area contributed by atoms with Crippen molar-refractivity contribution in [3.63, 3.8) is 0 Å². The smallest absolute Gasteiger partial charge is 0.305 e. The van der Waals surface area contributed by atoms with Crippen molar-refractivity contribution in [3.05, 3.63) is 28.8 Å². The third-order valence-corrected chi connectivity index (χ3v) is 5.51. The Morgan fingerprint density at radius 1 is 1.14 bits per heavy atom. The van der Waals surface area contributed by atoms with E-state index in [1.54, 1.807) is 18.2 Å². The monoisotopic (exact) mass is 531 g/mol. The van der Waals surface area contributed by atoms with Crippen LogP contribution < -0.4 is 10.1 Å². The largest absolute Gasteiger partial charge is 0.493 e. The normalized spacial score (nSPS) is 23.6. The number of hydrogen-bond acceptors (Lipinski definition) is 10. The number of esters is 2. The summed E-state index contributed by atoms with van der Waals surface area (Å²) in [7, 11) is 1.49. The number of benzene rings is 1. The molecule has 0 unspecified atom stereocenters. The summed E-state index contributed by atoms with van der Waals surface area (Å²) >= 11 is 5.95. The van der Waals surface area contributed by atoms with Crippen molar-refractivity contribution in [1.82, 2.24) is 5.32 Å². The van der Waals surface area contributed by atoms with Gasteiger partial charge in [0.15, 0.2) is 0 Å². The van der Waals surface area contributed by atoms with Gasteiger partial charge >= 0.3 is 11.9 Å². The first-order chi connectivity index (χ1) is 17.1. The molecule has 1 aromatic rings. The first-order valence-corrected chi connectivity index (χ1v) is 11.9. The number of aryl methyl sites for hydroxylation is 1. The van der Waals surface area contributed by atoms with E-state index in [4.69, 9.17) is 40.0 Å². The molecule has 1 fully saturated rings. The Morgan fingerprint density at radius 3 is 2.53 bits per heavy atom. The summed E-state index contributed by atoms with van der Waals surface area (Å²) in [6, 6.07) is 4.24. The standard InChI is InChI=1S/C24H34ClNO10/c1-14-12-17(25)7-8-18(14)32-9-5-6-20(29)26-21-23(33-11-10-31-4)22(30)19(13-34-15(2)27)36-24(21)35-16(3)28/h7-8,12,19,21-24,30H,5-6,9-11,13H2,1-4H3,(H,26,29)/t19-,21-,22-,23-,24+/m1/s1. The van der Waals surface area contributed by atoms with Crippen LogP contribution in [0.4, 0.5) is 0 Å². The molecule has 1 heterocycles. The van der Waals surface area contributed by atoms with Gasteiger partial charge in [0.2, 0.25) is 12.2 Å². The zero-order chi connectivity index (χ0) is 26.7. The topological polar surface area (TPSA) is 139 Å². The van der Waals surface area contributed by atoms with Crippen LogP contribution in [0.1, 0.15) is 32.3 Å². The Labute approximate surface area is 215 Å². The fourth-order valence-corrected chi connectivity index (χ4v) is 3.81. The SMILES string of the molecule is COCCO[C@H]1[C@H](O)[C@@H](COC(C)=O)O[C@H](OC(C)=O)[C@@H]1NC(=O)CCCOc1ccc(Cl)cc1C. The second-order valence-corrected chi connectivity index (χ2v) is 8.67. The van der Waals surface area contributed by atoms with Crippen LogP contribution in [0, 0.1) is 6.92 Å².